The smallest absolute Gasteiger partial charge is 0.309 e. The zero-order valence-corrected chi connectivity index (χ0v) is 15.3. The van der Waals surface area contributed by atoms with Crippen LogP contribution in [0.1, 0.15) is 43.7 Å². The number of hydrogen-bond donors (Lipinski definition) is 0. The van der Waals surface area contributed by atoms with Crippen LogP contribution in [0, 0.1) is 11.3 Å². The second-order valence-electron chi connectivity index (χ2n) is 8.53. The van der Waals surface area contributed by atoms with E-state index in [1.54, 1.807) is 0 Å². The first-order chi connectivity index (χ1) is 12.6. The van der Waals surface area contributed by atoms with Crippen molar-refractivity contribution in [3.05, 3.63) is 47.0 Å². The predicted octanol–water partition coefficient (Wildman–Crippen LogP) is 3.58. The molecule has 1 aromatic carbocycles. The molecule has 0 unspecified atom stereocenters. The highest BCUT2D eigenvalue weighted by Crippen LogP contribution is 2.51. The average Bonchev–Trinajstić information content (AvgIpc) is 3.21. The lowest BCUT2D eigenvalue weighted by atomic mass is 9.73. The molecule has 0 radical (unpaired) electrons. The summed E-state index contributed by atoms with van der Waals surface area (Å²) >= 11 is 0. The van der Waals surface area contributed by atoms with Crippen LogP contribution in [-0.4, -0.2) is 31.1 Å². The van der Waals surface area contributed by atoms with Gasteiger partial charge in [-0.3, -0.25) is 4.79 Å². The minimum atomic E-state index is -0.409. The number of ether oxygens (including phenoxy) is 3. The van der Waals surface area contributed by atoms with E-state index in [1.807, 2.05) is 0 Å². The molecular formula is C22H26O4. The van der Waals surface area contributed by atoms with E-state index in [2.05, 4.69) is 37.3 Å². The number of fused-ring (bicyclic) bond motifs is 3. The third-order valence-electron chi connectivity index (χ3n) is 6.68. The van der Waals surface area contributed by atoms with Crippen molar-refractivity contribution in [3.8, 4) is 0 Å². The monoisotopic (exact) mass is 354 g/mol. The fourth-order valence-electron chi connectivity index (χ4n) is 5.24. The van der Waals surface area contributed by atoms with Gasteiger partial charge in [0.05, 0.1) is 18.6 Å². The van der Waals surface area contributed by atoms with E-state index in [0.29, 0.717) is 6.61 Å². The Hall–Kier alpha value is -1.65. The normalized spacial score (nSPS) is 34.4. The highest BCUT2D eigenvalue weighted by molar-refractivity contribution is 5.73. The summed E-state index contributed by atoms with van der Waals surface area (Å²) in [5, 5.41) is 0. The van der Waals surface area contributed by atoms with Crippen LogP contribution < -0.4 is 0 Å². The summed E-state index contributed by atoms with van der Waals surface area (Å²) in [6, 6.07) is 8.60. The molecule has 0 saturated carbocycles. The van der Waals surface area contributed by atoms with E-state index in [0.717, 1.165) is 38.5 Å². The maximum Gasteiger partial charge on any atom is 0.309 e. The molecule has 26 heavy (non-hydrogen) atoms. The Labute approximate surface area is 154 Å². The van der Waals surface area contributed by atoms with Crippen molar-refractivity contribution >= 4 is 5.97 Å². The van der Waals surface area contributed by atoms with Gasteiger partial charge in [0.15, 0.2) is 12.4 Å². The van der Waals surface area contributed by atoms with Crippen LogP contribution in [0.5, 0.6) is 0 Å². The number of carbonyl (C=O) groups is 1. The Morgan fingerprint density at radius 3 is 2.69 bits per heavy atom. The van der Waals surface area contributed by atoms with Crippen molar-refractivity contribution in [1.29, 1.82) is 0 Å². The molecule has 2 bridgehead atoms. The van der Waals surface area contributed by atoms with Gasteiger partial charge < -0.3 is 14.2 Å². The summed E-state index contributed by atoms with van der Waals surface area (Å²) in [4.78, 5) is 12.9. The molecule has 4 nitrogen and oxygen atoms in total. The van der Waals surface area contributed by atoms with Crippen LogP contribution in [0.25, 0.3) is 0 Å². The molecule has 1 spiro atoms. The lowest BCUT2D eigenvalue weighted by molar-refractivity contribution is -0.225. The van der Waals surface area contributed by atoms with Crippen molar-refractivity contribution in [2.75, 3.05) is 6.61 Å². The minimum absolute atomic E-state index is 0.0290. The number of esters is 1. The van der Waals surface area contributed by atoms with Gasteiger partial charge in [0.2, 0.25) is 0 Å². The number of carbonyl (C=O) groups excluding carboxylic acids is 1. The zero-order valence-electron chi connectivity index (χ0n) is 15.3. The quantitative estimate of drug-likeness (QED) is 0.602. The summed E-state index contributed by atoms with van der Waals surface area (Å²) in [6.07, 6.45) is 7.05. The second kappa shape index (κ2) is 6.21. The van der Waals surface area contributed by atoms with Crippen molar-refractivity contribution < 1.29 is 19.0 Å². The maximum atomic E-state index is 12.9. The van der Waals surface area contributed by atoms with Crippen molar-refractivity contribution in [3.63, 3.8) is 0 Å². The molecule has 4 heteroatoms. The third-order valence-corrected chi connectivity index (χ3v) is 6.68. The van der Waals surface area contributed by atoms with Gasteiger partial charge in [-0.2, -0.15) is 0 Å². The number of hydrogen-bond acceptors (Lipinski definition) is 4. The molecule has 0 aromatic heterocycles. The summed E-state index contributed by atoms with van der Waals surface area (Å²) in [5.74, 6) is -0.106. The lowest BCUT2D eigenvalue weighted by Gasteiger charge is -2.43. The number of allylic oxidation sites excluding steroid dienone is 2. The van der Waals surface area contributed by atoms with E-state index < -0.39 is 6.29 Å². The van der Waals surface area contributed by atoms with Crippen LogP contribution in [0.15, 0.2) is 35.9 Å². The first kappa shape index (κ1) is 16.5. The number of benzene rings is 1. The van der Waals surface area contributed by atoms with E-state index in [1.165, 1.54) is 16.7 Å². The molecule has 1 aromatic rings. The summed E-state index contributed by atoms with van der Waals surface area (Å²) < 4.78 is 18.0. The Morgan fingerprint density at radius 1 is 1.23 bits per heavy atom. The SMILES string of the molecule is CC1=CC[C@H](C(=O)O[C@@H]2[C@@H]3OC[C@H](CC24Cc2ccccc2C4)O3)CC1. The fourth-order valence-corrected chi connectivity index (χ4v) is 5.24. The van der Waals surface area contributed by atoms with E-state index in [-0.39, 0.29) is 29.5 Å². The largest absolute Gasteiger partial charge is 0.456 e. The van der Waals surface area contributed by atoms with Gasteiger partial charge >= 0.3 is 5.97 Å². The minimum Gasteiger partial charge on any atom is -0.456 e. The molecule has 2 heterocycles. The lowest BCUT2D eigenvalue weighted by Crippen LogP contribution is -2.52. The molecule has 2 aliphatic carbocycles. The molecule has 4 atom stereocenters. The van der Waals surface area contributed by atoms with Crippen molar-refractivity contribution in [2.45, 2.75) is 63.9 Å². The van der Waals surface area contributed by atoms with Gasteiger partial charge in [0.1, 0.15) is 0 Å². The molecule has 138 valence electrons. The molecule has 2 saturated heterocycles. The van der Waals surface area contributed by atoms with E-state index >= 15 is 0 Å². The maximum absolute atomic E-state index is 12.9. The summed E-state index contributed by atoms with van der Waals surface area (Å²) in [5.41, 5.74) is 4.06. The Morgan fingerprint density at radius 2 is 2.00 bits per heavy atom. The van der Waals surface area contributed by atoms with Crippen LogP contribution >= 0.6 is 0 Å². The average molecular weight is 354 g/mol. The van der Waals surface area contributed by atoms with Crippen LogP contribution in [0.4, 0.5) is 0 Å². The fraction of sp³-hybridized carbons (Fsp3) is 0.591. The van der Waals surface area contributed by atoms with E-state index in [4.69, 9.17) is 14.2 Å². The Kier molecular flexibility index (Phi) is 3.94. The van der Waals surface area contributed by atoms with Crippen molar-refractivity contribution in [2.24, 2.45) is 11.3 Å². The Balaban J connectivity index is 1.39. The summed E-state index contributed by atoms with van der Waals surface area (Å²) in [7, 11) is 0. The van der Waals surface area contributed by atoms with Gasteiger partial charge in [0, 0.05) is 5.41 Å². The molecule has 0 N–H and O–H groups in total. The first-order valence-electron chi connectivity index (χ1n) is 9.83. The Bertz CT molecular complexity index is 727. The topological polar surface area (TPSA) is 44.8 Å². The van der Waals surface area contributed by atoms with Crippen molar-refractivity contribution in [1.82, 2.24) is 0 Å². The molecule has 4 aliphatic rings. The van der Waals surface area contributed by atoms with Gasteiger partial charge in [0.25, 0.3) is 0 Å². The first-order valence-corrected chi connectivity index (χ1v) is 9.83. The molecular weight excluding hydrogens is 328 g/mol. The standard InChI is InChI=1S/C22H26O4/c1-14-6-8-15(9-7-14)20(23)26-19-21-24-13-18(25-21)12-22(19)10-16-4-2-3-5-17(16)11-22/h2-6,15,18-19,21H,7-13H2,1H3/t15-,18-,19+,21+/m0/s1. The molecule has 2 aliphatic heterocycles. The molecule has 0 amide bonds. The molecule has 5 rings (SSSR count). The highest BCUT2D eigenvalue weighted by atomic mass is 16.7. The third kappa shape index (κ3) is 2.71. The highest BCUT2D eigenvalue weighted by Gasteiger charge is 2.57. The zero-order chi connectivity index (χ0) is 17.7. The van der Waals surface area contributed by atoms with Gasteiger partial charge in [-0.1, -0.05) is 35.9 Å². The van der Waals surface area contributed by atoms with Crippen LogP contribution in [0.3, 0.4) is 0 Å². The van der Waals surface area contributed by atoms with Gasteiger partial charge in [-0.05, 0) is 56.6 Å². The summed E-state index contributed by atoms with van der Waals surface area (Å²) in [6.45, 7) is 2.75. The van der Waals surface area contributed by atoms with Crippen LogP contribution in [-0.2, 0) is 31.8 Å². The van der Waals surface area contributed by atoms with E-state index in [9.17, 15) is 4.79 Å². The second-order valence-corrected chi connectivity index (χ2v) is 8.53. The number of rotatable bonds is 2. The predicted molar refractivity (Wildman–Crippen MR) is 96.5 cm³/mol. The molecule has 2 fully saturated rings. The van der Waals surface area contributed by atoms with Crippen LogP contribution in [0.2, 0.25) is 0 Å². The van der Waals surface area contributed by atoms with Gasteiger partial charge in [-0.15, -0.1) is 0 Å². The van der Waals surface area contributed by atoms with Gasteiger partial charge in [-0.25, -0.2) is 0 Å².